The standard InChI is InChI=1S/C35H45N3.2BrH.Fe/c1-12-27-19-30(23(6)7)35(31(20-27)24(8)9)37-26(11)33-18-14-17-32(38-33)25(10)36-34-28(21(2)3)15-13-16-29(34)22(4)5;;;/h12-24H,1H2,2-11H3;2*1H;/q;;;+2/p-2. The minimum absolute atomic E-state index is 0.351. The van der Waals surface area contributed by atoms with Crippen molar-refractivity contribution in [3.05, 3.63) is 94.3 Å². The summed E-state index contributed by atoms with van der Waals surface area (Å²) in [7, 11) is 0. The van der Waals surface area contributed by atoms with Crippen LogP contribution in [0, 0.1) is 0 Å². The Morgan fingerprint density at radius 2 is 1.02 bits per heavy atom. The van der Waals surface area contributed by atoms with E-state index in [1.165, 1.54) is 22.3 Å². The molecule has 0 amide bonds. The fraction of sp³-hybridized carbons (Fsp3) is 0.400. The molecule has 2 aromatic carbocycles. The Balaban J connectivity index is 0.00000187. The van der Waals surface area contributed by atoms with Crippen LogP contribution >= 0.6 is 28.2 Å². The van der Waals surface area contributed by atoms with Gasteiger partial charge in [-0.2, -0.15) is 0 Å². The Labute approximate surface area is 269 Å². The molecule has 0 N–H and O–H groups in total. The van der Waals surface area contributed by atoms with E-state index in [-0.39, 0.29) is 0 Å². The molecule has 0 aliphatic carbocycles. The number of nitrogens with zero attached hydrogens (tertiary/aromatic N) is 3. The molecule has 6 heteroatoms. The number of halogens is 2. The molecule has 3 nitrogen and oxygen atoms in total. The van der Waals surface area contributed by atoms with E-state index in [1.54, 1.807) is 0 Å². The van der Waals surface area contributed by atoms with E-state index in [2.05, 4.69) is 140 Å². The van der Waals surface area contributed by atoms with Gasteiger partial charge in [-0.05, 0) is 89.6 Å². The van der Waals surface area contributed by atoms with Gasteiger partial charge in [-0.1, -0.05) is 92.3 Å². The predicted octanol–water partition coefficient (Wildman–Crippen LogP) is 12.2. The van der Waals surface area contributed by atoms with Crippen LogP contribution in [0.1, 0.15) is 132 Å². The topological polar surface area (TPSA) is 37.6 Å². The summed E-state index contributed by atoms with van der Waals surface area (Å²) in [5.74, 6) is 1.49. The molecule has 3 aromatic rings. The molecule has 0 aliphatic heterocycles. The molecule has 0 atom stereocenters. The summed E-state index contributed by atoms with van der Waals surface area (Å²) >= 11 is 7.00. The zero-order chi connectivity index (χ0) is 30.9. The summed E-state index contributed by atoms with van der Waals surface area (Å²) in [5, 5.41) is 0. The van der Waals surface area contributed by atoms with Gasteiger partial charge in [0.1, 0.15) is 0 Å². The average Bonchev–Trinajstić information content (AvgIpc) is 2.93. The number of rotatable bonds is 9. The Kier molecular flexibility index (Phi) is 14.4. The molecular formula is C35H45Br2FeN3. The summed E-state index contributed by atoms with van der Waals surface area (Å²) in [6, 6.07) is 17.1. The molecule has 0 spiro atoms. The summed E-state index contributed by atoms with van der Waals surface area (Å²) in [4.78, 5) is 15.4. The molecule has 0 saturated carbocycles. The van der Waals surface area contributed by atoms with Gasteiger partial charge in [0.2, 0.25) is 0 Å². The molecule has 1 heterocycles. The van der Waals surface area contributed by atoms with Crippen molar-refractivity contribution in [3.8, 4) is 0 Å². The predicted molar refractivity (Wildman–Crippen MR) is 185 cm³/mol. The monoisotopic (exact) mass is 721 g/mol. The second kappa shape index (κ2) is 16.7. The van der Waals surface area contributed by atoms with E-state index < -0.39 is 0 Å². The van der Waals surface area contributed by atoms with E-state index in [9.17, 15) is 0 Å². The third-order valence-electron chi connectivity index (χ3n) is 7.06. The van der Waals surface area contributed by atoms with Crippen molar-refractivity contribution < 1.29 is 11.3 Å². The quantitative estimate of drug-likeness (QED) is 0.160. The van der Waals surface area contributed by atoms with Gasteiger partial charge in [0.15, 0.2) is 0 Å². The van der Waals surface area contributed by atoms with Gasteiger partial charge in [0.25, 0.3) is 0 Å². The Morgan fingerprint density at radius 3 is 1.37 bits per heavy atom. The van der Waals surface area contributed by atoms with Crippen LogP contribution in [0.3, 0.4) is 0 Å². The average molecular weight is 723 g/mol. The van der Waals surface area contributed by atoms with Gasteiger partial charge in [0.05, 0.1) is 34.2 Å². The van der Waals surface area contributed by atoms with Gasteiger partial charge in [-0.3, -0.25) is 9.98 Å². The molecule has 0 bridgehead atoms. The third kappa shape index (κ3) is 9.58. The van der Waals surface area contributed by atoms with E-state index in [4.69, 9.17) is 15.0 Å². The fourth-order valence-electron chi connectivity index (χ4n) is 4.76. The van der Waals surface area contributed by atoms with Crippen molar-refractivity contribution in [2.75, 3.05) is 0 Å². The zero-order valence-corrected chi connectivity index (χ0v) is 30.4. The minimum atomic E-state index is 0.351. The van der Waals surface area contributed by atoms with Crippen LogP contribution in [0.5, 0.6) is 0 Å². The van der Waals surface area contributed by atoms with Crippen molar-refractivity contribution in [1.29, 1.82) is 0 Å². The Hall–Kier alpha value is -1.85. The summed E-state index contributed by atoms with van der Waals surface area (Å²) < 4.78 is 0. The molecule has 1 aromatic heterocycles. The van der Waals surface area contributed by atoms with Gasteiger partial charge in [0, 0.05) is 0 Å². The van der Waals surface area contributed by atoms with Gasteiger partial charge in [-0.15, -0.1) is 0 Å². The molecule has 222 valence electrons. The van der Waals surface area contributed by atoms with Gasteiger partial charge in [-0.25, -0.2) is 4.98 Å². The molecule has 3 rings (SSSR count). The fourth-order valence-corrected chi connectivity index (χ4v) is 4.76. The molecule has 0 unspecified atom stereocenters. The first-order valence-corrected chi connectivity index (χ1v) is 19.7. The molecule has 0 fully saturated rings. The maximum atomic E-state index is 5.19. The third-order valence-corrected chi connectivity index (χ3v) is 7.06. The van der Waals surface area contributed by atoms with Crippen molar-refractivity contribution in [1.82, 2.24) is 4.98 Å². The van der Waals surface area contributed by atoms with E-state index in [0.29, 0.717) is 23.7 Å². The number of aliphatic imine (C=N–C) groups is 2. The first-order valence-electron chi connectivity index (χ1n) is 14.2. The van der Waals surface area contributed by atoms with Gasteiger partial charge >= 0.3 is 39.6 Å². The van der Waals surface area contributed by atoms with Crippen molar-refractivity contribution in [3.63, 3.8) is 0 Å². The summed E-state index contributed by atoms with van der Waals surface area (Å²) in [6.07, 6.45) is 1.92. The molecule has 0 aliphatic rings. The molecule has 0 saturated heterocycles. The number of hydrogen-bond donors (Lipinski definition) is 0. The van der Waals surface area contributed by atoms with Gasteiger partial charge < -0.3 is 0 Å². The van der Waals surface area contributed by atoms with Crippen molar-refractivity contribution in [2.24, 2.45) is 9.98 Å². The van der Waals surface area contributed by atoms with Crippen LogP contribution in [0.25, 0.3) is 6.08 Å². The maximum absolute atomic E-state index is 5.19. The van der Waals surface area contributed by atoms with E-state index in [1.807, 2.05) is 18.2 Å². The van der Waals surface area contributed by atoms with Crippen LogP contribution in [0.2, 0.25) is 0 Å². The van der Waals surface area contributed by atoms with Crippen LogP contribution < -0.4 is 0 Å². The number of hydrogen-bond acceptors (Lipinski definition) is 3. The molecular weight excluding hydrogens is 678 g/mol. The van der Waals surface area contributed by atoms with Crippen LogP contribution in [-0.4, -0.2) is 16.4 Å². The van der Waals surface area contributed by atoms with Crippen molar-refractivity contribution in [2.45, 2.75) is 92.9 Å². The Bertz CT molecular complexity index is 1330. The second-order valence-corrected chi connectivity index (χ2v) is 17.1. The van der Waals surface area contributed by atoms with Crippen molar-refractivity contribution >= 4 is 57.1 Å². The molecule has 41 heavy (non-hydrogen) atoms. The normalized spacial score (nSPS) is 12.4. The SMILES string of the molecule is C=Cc1cc(C(C)C)c(N=C(C)c2cccc(C(C)=Nc3c(C(C)C)cccc3C(C)C)n2)c(C(C)C)c1.[Br][Fe][Br]. The number of benzene rings is 2. The zero-order valence-electron chi connectivity index (χ0n) is 26.2. The van der Waals surface area contributed by atoms with Crippen LogP contribution in [-0.2, 0) is 11.3 Å². The first-order chi connectivity index (χ1) is 19.4. The van der Waals surface area contributed by atoms with Crippen LogP contribution in [0.15, 0.2) is 65.1 Å². The number of pyridine rings is 1. The summed E-state index contributed by atoms with van der Waals surface area (Å²) in [5.41, 5.74) is 11.9. The number of aromatic nitrogens is 1. The van der Waals surface area contributed by atoms with Crippen LogP contribution in [0.4, 0.5) is 11.4 Å². The number of para-hydroxylation sites is 1. The van der Waals surface area contributed by atoms with E-state index in [0.717, 1.165) is 51.1 Å². The molecule has 0 radical (unpaired) electrons. The van der Waals surface area contributed by atoms with E-state index >= 15 is 0 Å². The summed E-state index contributed by atoms with van der Waals surface area (Å²) in [6.45, 7) is 25.9. The second-order valence-electron chi connectivity index (χ2n) is 11.5. The Morgan fingerprint density at radius 1 is 0.683 bits per heavy atom. The first kappa shape index (κ1) is 35.3.